The van der Waals surface area contributed by atoms with Crippen LogP contribution in [0.1, 0.15) is 0 Å². The molecule has 2 aromatic carbocycles. The maximum Gasteiger partial charge on any atom is 0.338 e. The largest absolute Gasteiger partial charge is 0.484 e. The van der Waals surface area contributed by atoms with E-state index in [-0.39, 0.29) is 25.6 Å². The molecule has 2 aromatic rings. The van der Waals surface area contributed by atoms with E-state index in [0.717, 1.165) is 5.75 Å². The number of primary amides is 1. The van der Waals surface area contributed by atoms with Gasteiger partial charge in [-0.05, 0) is 36.4 Å². The van der Waals surface area contributed by atoms with E-state index in [1.807, 2.05) is 30.3 Å². The molecule has 0 saturated carbocycles. The van der Waals surface area contributed by atoms with Gasteiger partial charge in [-0.25, -0.2) is 9.86 Å². The summed E-state index contributed by atoms with van der Waals surface area (Å²) in [5, 5.41) is 11.8. The van der Waals surface area contributed by atoms with E-state index in [0.29, 0.717) is 16.6 Å². The van der Waals surface area contributed by atoms with Crippen molar-refractivity contribution in [3.63, 3.8) is 0 Å². The van der Waals surface area contributed by atoms with Gasteiger partial charge in [-0.3, -0.25) is 10.0 Å². The van der Waals surface area contributed by atoms with E-state index < -0.39 is 6.03 Å². The standard InChI is InChI=1S/C17H19N3O5/c18-17(22)20(23)11-10-19-16(21)12-24-13-6-8-15(9-7-13)25-14-4-2-1-3-5-14/h1-9,23H,10-12H2,(H2,18,22)(H,19,21). The molecule has 0 fully saturated rings. The highest BCUT2D eigenvalue weighted by molar-refractivity contribution is 5.77. The van der Waals surface area contributed by atoms with Gasteiger partial charge in [0.25, 0.3) is 5.91 Å². The third-order valence-electron chi connectivity index (χ3n) is 3.07. The lowest BCUT2D eigenvalue weighted by Gasteiger charge is -2.12. The Hall–Kier alpha value is -3.26. The highest BCUT2D eigenvalue weighted by Crippen LogP contribution is 2.23. The van der Waals surface area contributed by atoms with Crippen molar-refractivity contribution in [2.45, 2.75) is 0 Å². The van der Waals surface area contributed by atoms with Gasteiger partial charge in [-0.1, -0.05) is 18.2 Å². The Balaban J connectivity index is 1.72. The number of ether oxygens (including phenoxy) is 2. The number of nitrogens with two attached hydrogens (primary N) is 1. The minimum Gasteiger partial charge on any atom is -0.484 e. The van der Waals surface area contributed by atoms with E-state index in [1.54, 1.807) is 24.3 Å². The van der Waals surface area contributed by atoms with Gasteiger partial charge in [-0.15, -0.1) is 0 Å². The van der Waals surface area contributed by atoms with Crippen LogP contribution in [0.25, 0.3) is 0 Å². The van der Waals surface area contributed by atoms with Gasteiger partial charge in [-0.2, -0.15) is 0 Å². The molecule has 0 aliphatic carbocycles. The van der Waals surface area contributed by atoms with Crippen molar-refractivity contribution in [3.05, 3.63) is 54.6 Å². The summed E-state index contributed by atoms with van der Waals surface area (Å²) in [4.78, 5) is 22.2. The molecule has 0 aliphatic rings. The molecule has 0 heterocycles. The second-order valence-electron chi connectivity index (χ2n) is 4.99. The Labute approximate surface area is 144 Å². The summed E-state index contributed by atoms with van der Waals surface area (Å²) in [6.45, 7) is -0.237. The minimum atomic E-state index is -0.983. The van der Waals surface area contributed by atoms with E-state index >= 15 is 0 Å². The van der Waals surface area contributed by atoms with E-state index in [4.69, 9.17) is 20.4 Å². The summed E-state index contributed by atoms with van der Waals surface area (Å²) >= 11 is 0. The molecule has 25 heavy (non-hydrogen) atoms. The summed E-state index contributed by atoms with van der Waals surface area (Å²) in [6, 6.07) is 15.2. The predicted molar refractivity (Wildman–Crippen MR) is 89.5 cm³/mol. The molecule has 0 atom stereocenters. The average molecular weight is 345 g/mol. The maximum absolute atomic E-state index is 11.6. The van der Waals surface area contributed by atoms with Crippen LogP contribution in [0, 0.1) is 0 Å². The number of nitrogens with zero attached hydrogens (tertiary/aromatic N) is 1. The van der Waals surface area contributed by atoms with Gasteiger partial charge >= 0.3 is 6.03 Å². The fourth-order valence-corrected chi connectivity index (χ4v) is 1.84. The van der Waals surface area contributed by atoms with Crippen molar-refractivity contribution < 1.29 is 24.3 Å². The third kappa shape index (κ3) is 6.40. The second-order valence-corrected chi connectivity index (χ2v) is 4.99. The third-order valence-corrected chi connectivity index (χ3v) is 3.07. The molecule has 0 spiro atoms. The summed E-state index contributed by atoms with van der Waals surface area (Å²) in [5.74, 6) is 1.50. The average Bonchev–Trinajstić information content (AvgIpc) is 2.62. The number of hydrogen-bond donors (Lipinski definition) is 3. The van der Waals surface area contributed by atoms with Crippen molar-refractivity contribution in [2.75, 3.05) is 19.7 Å². The molecule has 0 bridgehead atoms. The SMILES string of the molecule is NC(=O)N(O)CCNC(=O)COc1ccc(Oc2ccccc2)cc1. The first-order valence-corrected chi connectivity index (χ1v) is 7.53. The Bertz CT molecular complexity index is 691. The maximum atomic E-state index is 11.6. The summed E-state index contributed by atoms with van der Waals surface area (Å²) in [7, 11) is 0. The number of carbonyl (C=O) groups is 2. The Morgan fingerprint density at radius 2 is 1.60 bits per heavy atom. The fourth-order valence-electron chi connectivity index (χ4n) is 1.84. The van der Waals surface area contributed by atoms with Crippen molar-refractivity contribution in [1.29, 1.82) is 0 Å². The second kappa shape index (κ2) is 9.14. The number of para-hydroxylation sites is 1. The van der Waals surface area contributed by atoms with Crippen molar-refractivity contribution >= 4 is 11.9 Å². The smallest absolute Gasteiger partial charge is 0.338 e. The zero-order valence-electron chi connectivity index (χ0n) is 13.4. The van der Waals surface area contributed by atoms with Crippen LogP contribution >= 0.6 is 0 Å². The summed E-state index contributed by atoms with van der Waals surface area (Å²) in [5.41, 5.74) is 4.84. The first-order chi connectivity index (χ1) is 12.0. The van der Waals surface area contributed by atoms with Crippen LogP contribution in [-0.4, -0.2) is 41.9 Å². The van der Waals surface area contributed by atoms with Crippen molar-refractivity contribution in [1.82, 2.24) is 10.4 Å². The van der Waals surface area contributed by atoms with Crippen LogP contribution in [0.2, 0.25) is 0 Å². The van der Waals surface area contributed by atoms with E-state index in [9.17, 15) is 9.59 Å². The van der Waals surface area contributed by atoms with Gasteiger partial charge in [0.15, 0.2) is 6.61 Å². The number of hydroxylamine groups is 2. The number of carbonyl (C=O) groups excluding carboxylic acids is 2. The van der Waals surface area contributed by atoms with Crippen LogP contribution in [-0.2, 0) is 4.79 Å². The minimum absolute atomic E-state index is 0.0610. The lowest BCUT2D eigenvalue weighted by atomic mass is 10.3. The lowest BCUT2D eigenvalue weighted by molar-refractivity contribution is -0.123. The molecule has 0 aliphatic heterocycles. The normalized spacial score (nSPS) is 9.96. The number of amides is 3. The topological polar surface area (TPSA) is 114 Å². The lowest BCUT2D eigenvalue weighted by Crippen LogP contribution is -2.40. The van der Waals surface area contributed by atoms with Crippen LogP contribution in [0.4, 0.5) is 4.79 Å². The molecule has 4 N–H and O–H groups in total. The molecule has 0 radical (unpaired) electrons. The molecule has 0 saturated heterocycles. The number of nitrogens with one attached hydrogen (secondary N) is 1. The van der Waals surface area contributed by atoms with Crippen molar-refractivity contribution in [3.8, 4) is 17.2 Å². The molecule has 2 rings (SSSR count). The molecule has 8 heteroatoms. The monoisotopic (exact) mass is 345 g/mol. The van der Waals surface area contributed by atoms with Crippen LogP contribution < -0.4 is 20.5 Å². The van der Waals surface area contributed by atoms with Gasteiger partial charge in [0.1, 0.15) is 17.2 Å². The Kier molecular flexibility index (Phi) is 6.61. The fraction of sp³-hybridized carbons (Fsp3) is 0.176. The zero-order chi connectivity index (χ0) is 18.1. The Morgan fingerprint density at radius 1 is 1.00 bits per heavy atom. The van der Waals surface area contributed by atoms with Gasteiger partial charge in [0.05, 0.1) is 6.54 Å². The molecule has 132 valence electrons. The molecular weight excluding hydrogens is 326 g/mol. The number of benzene rings is 2. The predicted octanol–water partition coefficient (Wildman–Crippen LogP) is 1.74. The zero-order valence-corrected chi connectivity index (χ0v) is 13.4. The van der Waals surface area contributed by atoms with Crippen molar-refractivity contribution in [2.24, 2.45) is 5.73 Å². The van der Waals surface area contributed by atoms with E-state index in [1.165, 1.54) is 0 Å². The van der Waals surface area contributed by atoms with Gasteiger partial charge < -0.3 is 20.5 Å². The highest BCUT2D eigenvalue weighted by atomic mass is 16.5. The van der Waals surface area contributed by atoms with Crippen LogP contribution in [0.15, 0.2) is 54.6 Å². The van der Waals surface area contributed by atoms with Crippen LogP contribution in [0.5, 0.6) is 17.2 Å². The van der Waals surface area contributed by atoms with Gasteiger partial charge in [0.2, 0.25) is 0 Å². The quantitative estimate of drug-likeness (QED) is 0.498. The first-order valence-electron chi connectivity index (χ1n) is 7.53. The number of urea groups is 1. The number of hydrogen-bond acceptors (Lipinski definition) is 5. The molecule has 0 unspecified atom stereocenters. The molecular formula is C17H19N3O5. The summed E-state index contributed by atoms with van der Waals surface area (Å²) < 4.78 is 11.0. The first kappa shape index (κ1) is 18.1. The number of rotatable bonds is 8. The summed E-state index contributed by atoms with van der Waals surface area (Å²) in [6.07, 6.45) is 0. The van der Waals surface area contributed by atoms with E-state index in [2.05, 4.69) is 5.32 Å². The highest BCUT2D eigenvalue weighted by Gasteiger charge is 2.07. The molecule has 3 amide bonds. The Morgan fingerprint density at radius 3 is 2.24 bits per heavy atom. The molecule has 8 nitrogen and oxygen atoms in total. The molecule has 0 aromatic heterocycles. The van der Waals surface area contributed by atoms with Crippen LogP contribution in [0.3, 0.4) is 0 Å². The van der Waals surface area contributed by atoms with Gasteiger partial charge in [0, 0.05) is 6.54 Å².